The second-order valence-electron chi connectivity index (χ2n) is 7.49. The summed E-state index contributed by atoms with van der Waals surface area (Å²) in [6, 6.07) is 6.07. The van der Waals surface area contributed by atoms with Crippen LogP contribution in [0.3, 0.4) is 0 Å². The third kappa shape index (κ3) is 3.32. The Morgan fingerprint density at radius 3 is 2.78 bits per heavy atom. The lowest BCUT2D eigenvalue weighted by Gasteiger charge is -2.31. The zero-order valence-electron chi connectivity index (χ0n) is 15.7. The highest BCUT2D eigenvalue weighted by molar-refractivity contribution is 6.32. The van der Waals surface area contributed by atoms with Gasteiger partial charge in [-0.05, 0) is 37.8 Å². The van der Waals surface area contributed by atoms with E-state index in [0.717, 1.165) is 24.3 Å². The quantitative estimate of drug-likeness (QED) is 0.649. The van der Waals surface area contributed by atoms with E-state index in [1.165, 1.54) is 0 Å². The maximum atomic E-state index is 13.4. The molecule has 1 fully saturated rings. The van der Waals surface area contributed by atoms with Crippen LogP contribution in [0, 0.1) is 5.92 Å². The minimum atomic E-state index is -0.124. The highest BCUT2D eigenvalue weighted by Crippen LogP contribution is 2.37. The van der Waals surface area contributed by atoms with E-state index in [4.69, 9.17) is 11.6 Å². The molecule has 0 radical (unpaired) electrons. The van der Waals surface area contributed by atoms with Crippen molar-refractivity contribution < 1.29 is 4.79 Å². The Morgan fingerprint density at radius 1 is 1.30 bits per heavy atom. The van der Waals surface area contributed by atoms with Crippen molar-refractivity contribution in [3.63, 3.8) is 0 Å². The Balaban J connectivity index is 1.67. The smallest absolute Gasteiger partial charge is 0.259 e. The van der Waals surface area contributed by atoms with Gasteiger partial charge in [-0.3, -0.25) is 13.9 Å². The van der Waals surface area contributed by atoms with Gasteiger partial charge in [-0.15, -0.1) is 10.2 Å². The van der Waals surface area contributed by atoms with Crippen LogP contribution in [0.5, 0.6) is 0 Å². The number of hydrogen-bond donors (Lipinski definition) is 0. The first-order valence-corrected chi connectivity index (χ1v) is 9.67. The van der Waals surface area contributed by atoms with Gasteiger partial charge in [-0.25, -0.2) is 0 Å². The second-order valence-corrected chi connectivity index (χ2v) is 7.85. The SMILES string of the molecule is CC(C)C(C)N(Cc1nnc2ccccn12)C(=O)c1cnn(C2CC2)c1Cl. The lowest BCUT2D eigenvalue weighted by atomic mass is 10.0. The van der Waals surface area contributed by atoms with Crippen molar-refractivity contribution >= 4 is 23.2 Å². The number of pyridine rings is 1. The third-order valence-electron chi connectivity index (χ3n) is 5.27. The van der Waals surface area contributed by atoms with E-state index in [-0.39, 0.29) is 17.9 Å². The number of carbonyl (C=O) groups excluding carboxylic acids is 1. The molecule has 0 saturated heterocycles. The van der Waals surface area contributed by atoms with Gasteiger partial charge in [-0.2, -0.15) is 5.10 Å². The summed E-state index contributed by atoms with van der Waals surface area (Å²) in [5.41, 5.74) is 1.21. The molecule has 142 valence electrons. The van der Waals surface area contributed by atoms with Crippen LogP contribution in [0.2, 0.25) is 5.15 Å². The molecule has 0 aliphatic heterocycles. The van der Waals surface area contributed by atoms with Crippen molar-refractivity contribution in [3.05, 3.63) is 47.1 Å². The average molecular weight is 387 g/mol. The van der Waals surface area contributed by atoms with Gasteiger partial charge in [0.2, 0.25) is 0 Å². The minimum absolute atomic E-state index is 0.00824. The van der Waals surface area contributed by atoms with E-state index < -0.39 is 0 Å². The maximum absolute atomic E-state index is 13.4. The van der Waals surface area contributed by atoms with E-state index in [1.54, 1.807) is 10.9 Å². The molecular formula is C19H23ClN6O. The predicted molar refractivity (Wildman–Crippen MR) is 103 cm³/mol. The van der Waals surface area contributed by atoms with Crippen molar-refractivity contribution in [1.82, 2.24) is 29.3 Å². The van der Waals surface area contributed by atoms with Crippen molar-refractivity contribution in [2.24, 2.45) is 5.92 Å². The summed E-state index contributed by atoms with van der Waals surface area (Å²) in [6.07, 6.45) is 5.62. The Bertz CT molecular complexity index is 974. The highest BCUT2D eigenvalue weighted by atomic mass is 35.5. The van der Waals surface area contributed by atoms with Crippen LogP contribution in [-0.4, -0.2) is 41.2 Å². The molecule has 1 amide bonds. The predicted octanol–water partition coefficient (Wildman–Crippen LogP) is 3.60. The molecule has 0 aromatic carbocycles. The van der Waals surface area contributed by atoms with Gasteiger partial charge in [0.1, 0.15) is 5.15 Å². The van der Waals surface area contributed by atoms with E-state index >= 15 is 0 Å². The molecule has 3 heterocycles. The number of hydrogen-bond acceptors (Lipinski definition) is 4. The van der Waals surface area contributed by atoms with Crippen LogP contribution < -0.4 is 0 Å². The number of aromatic nitrogens is 5. The Labute approximate surface area is 162 Å². The highest BCUT2D eigenvalue weighted by Gasteiger charge is 2.32. The van der Waals surface area contributed by atoms with Crippen molar-refractivity contribution in [2.45, 2.75) is 52.2 Å². The minimum Gasteiger partial charge on any atom is -0.328 e. The van der Waals surface area contributed by atoms with E-state index in [0.29, 0.717) is 23.3 Å². The topological polar surface area (TPSA) is 68.3 Å². The lowest BCUT2D eigenvalue weighted by Crippen LogP contribution is -2.41. The zero-order chi connectivity index (χ0) is 19.1. The summed E-state index contributed by atoms with van der Waals surface area (Å²) >= 11 is 6.48. The van der Waals surface area contributed by atoms with E-state index in [2.05, 4.69) is 29.1 Å². The fraction of sp³-hybridized carbons (Fsp3) is 0.474. The van der Waals surface area contributed by atoms with Crippen LogP contribution in [0.25, 0.3) is 5.65 Å². The van der Waals surface area contributed by atoms with Gasteiger partial charge in [0, 0.05) is 12.2 Å². The zero-order valence-corrected chi connectivity index (χ0v) is 16.5. The molecule has 3 aromatic rings. The first-order valence-electron chi connectivity index (χ1n) is 9.30. The van der Waals surface area contributed by atoms with Crippen LogP contribution in [0.4, 0.5) is 0 Å². The van der Waals surface area contributed by atoms with Gasteiger partial charge in [0.05, 0.1) is 24.3 Å². The van der Waals surface area contributed by atoms with Crippen molar-refractivity contribution in [3.8, 4) is 0 Å². The number of carbonyl (C=O) groups is 1. The largest absolute Gasteiger partial charge is 0.328 e. The number of halogens is 1. The lowest BCUT2D eigenvalue weighted by molar-refractivity contribution is 0.0621. The Hall–Kier alpha value is -2.41. The first-order chi connectivity index (χ1) is 13.0. The molecule has 1 atom stereocenters. The molecule has 27 heavy (non-hydrogen) atoms. The molecule has 7 nitrogen and oxygen atoms in total. The van der Waals surface area contributed by atoms with Crippen LogP contribution in [0.1, 0.15) is 55.8 Å². The number of rotatable bonds is 6. The van der Waals surface area contributed by atoms with Crippen LogP contribution in [-0.2, 0) is 6.54 Å². The Morgan fingerprint density at radius 2 is 2.07 bits per heavy atom. The molecule has 1 saturated carbocycles. The third-order valence-corrected chi connectivity index (χ3v) is 5.65. The van der Waals surface area contributed by atoms with Crippen LogP contribution in [0.15, 0.2) is 30.6 Å². The monoisotopic (exact) mass is 386 g/mol. The molecule has 1 aliphatic rings. The summed E-state index contributed by atoms with van der Waals surface area (Å²) in [5, 5.41) is 13.2. The van der Waals surface area contributed by atoms with Gasteiger partial charge in [0.25, 0.3) is 5.91 Å². The number of amides is 1. The van der Waals surface area contributed by atoms with Crippen molar-refractivity contribution in [1.29, 1.82) is 0 Å². The molecule has 4 rings (SSSR count). The molecule has 3 aromatic heterocycles. The van der Waals surface area contributed by atoms with Gasteiger partial charge >= 0.3 is 0 Å². The first kappa shape index (κ1) is 18.0. The summed E-state index contributed by atoms with van der Waals surface area (Å²) in [5.74, 6) is 0.878. The normalized spacial score (nSPS) is 15.4. The molecular weight excluding hydrogens is 364 g/mol. The van der Waals surface area contributed by atoms with Crippen molar-refractivity contribution in [2.75, 3.05) is 0 Å². The Kier molecular flexibility index (Phi) is 4.63. The van der Waals surface area contributed by atoms with Gasteiger partial charge in [0.15, 0.2) is 11.5 Å². The summed E-state index contributed by atoms with van der Waals surface area (Å²) in [6.45, 7) is 6.60. The fourth-order valence-corrected chi connectivity index (χ4v) is 3.44. The van der Waals surface area contributed by atoms with E-state index in [1.807, 2.05) is 40.6 Å². The number of nitrogens with zero attached hydrogens (tertiary/aromatic N) is 6. The number of fused-ring (bicyclic) bond motifs is 1. The summed E-state index contributed by atoms with van der Waals surface area (Å²) in [4.78, 5) is 15.2. The molecule has 0 N–H and O–H groups in total. The van der Waals surface area contributed by atoms with Crippen LogP contribution >= 0.6 is 11.6 Å². The standard InChI is InChI=1S/C19H23ClN6O/c1-12(2)13(3)25(11-17-23-22-16-6-4-5-9-24(16)17)19(27)15-10-21-26(18(15)20)14-7-8-14/h4-6,9-10,12-14H,7-8,11H2,1-3H3. The summed E-state index contributed by atoms with van der Waals surface area (Å²) in [7, 11) is 0. The maximum Gasteiger partial charge on any atom is 0.259 e. The van der Waals surface area contributed by atoms with Gasteiger partial charge in [-0.1, -0.05) is 31.5 Å². The van der Waals surface area contributed by atoms with E-state index in [9.17, 15) is 4.79 Å². The molecule has 0 bridgehead atoms. The molecule has 0 spiro atoms. The molecule has 1 aliphatic carbocycles. The molecule has 8 heteroatoms. The second kappa shape index (κ2) is 6.96. The summed E-state index contributed by atoms with van der Waals surface area (Å²) < 4.78 is 3.67. The fourth-order valence-electron chi connectivity index (χ4n) is 3.13. The average Bonchev–Trinajstić information content (AvgIpc) is 3.31. The molecule has 1 unspecified atom stereocenters. The van der Waals surface area contributed by atoms with Gasteiger partial charge < -0.3 is 4.90 Å².